The average Bonchev–Trinajstić information content (AvgIpc) is 2.98. The third kappa shape index (κ3) is 5.99. The molecule has 0 unspecified atom stereocenters. The summed E-state index contributed by atoms with van der Waals surface area (Å²) < 4.78 is 39.9. The van der Waals surface area contributed by atoms with Crippen LogP contribution in [0.4, 0.5) is 18.9 Å². The van der Waals surface area contributed by atoms with Gasteiger partial charge in [-0.3, -0.25) is 0 Å². The summed E-state index contributed by atoms with van der Waals surface area (Å²) in [6, 6.07) is 5.69. The lowest BCUT2D eigenvalue weighted by Gasteiger charge is -2.10. The van der Waals surface area contributed by atoms with Gasteiger partial charge in [-0.05, 0) is 25.0 Å². The van der Waals surface area contributed by atoms with E-state index in [-0.39, 0.29) is 41.7 Å². The molecule has 8 heteroatoms. The molecule has 2 rings (SSSR count). The van der Waals surface area contributed by atoms with Crippen LogP contribution in [-0.4, -0.2) is 18.4 Å². The number of ether oxygens (including phenoxy) is 1. The van der Waals surface area contributed by atoms with Crippen molar-refractivity contribution in [3.8, 4) is 5.75 Å². The summed E-state index contributed by atoms with van der Waals surface area (Å²) in [5.41, 5.74) is 6.00. The van der Waals surface area contributed by atoms with Crippen molar-refractivity contribution in [3.63, 3.8) is 0 Å². The highest BCUT2D eigenvalue weighted by Gasteiger charge is 2.31. The lowest BCUT2D eigenvalue weighted by molar-refractivity contribution is -0.274. The Balaban J connectivity index is 0.00000180. The Morgan fingerprint density at radius 1 is 1.37 bits per heavy atom. The first-order valence-corrected chi connectivity index (χ1v) is 5.38. The monoisotopic (exact) mass is 387 g/mol. The third-order valence-corrected chi connectivity index (χ3v) is 2.21. The van der Waals surface area contributed by atoms with E-state index in [2.05, 4.69) is 15.0 Å². The molecule has 1 aromatic carbocycles. The predicted molar refractivity (Wildman–Crippen MR) is 76.8 cm³/mol. The number of nitrogens with one attached hydrogen (secondary N) is 1. The van der Waals surface area contributed by atoms with Crippen LogP contribution in [0.15, 0.2) is 29.3 Å². The van der Waals surface area contributed by atoms with E-state index in [1.165, 1.54) is 18.2 Å². The van der Waals surface area contributed by atoms with Gasteiger partial charge in [0.25, 0.3) is 0 Å². The van der Waals surface area contributed by atoms with Crippen molar-refractivity contribution in [1.82, 2.24) is 0 Å². The number of benzene rings is 1. The normalized spacial score (nSPS) is 15.6. The van der Waals surface area contributed by atoms with E-state index in [1.54, 1.807) is 6.07 Å². The first-order valence-electron chi connectivity index (χ1n) is 5.38. The van der Waals surface area contributed by atoms with Crippen molar-refractivity contribution in [2.45, 2.75) is 25.2 Å². The van der Waals surface area contributed by atoms with Gasteiger partial charge in [0.2, 0.25) is 0 Å². The molecule has 1 saturated carbocycles. The molecule has 1 aromatic rings. The van der Waals surface area contributed by atoms with E-state index in [0.29, 0.717) is 5.69 Å². The minimum absolute atomic E-state index is 0. The molecule has 0 bridgehead atoms. The first kappa shape index (κ1) is 15.9. The maximum atomic E-state index is 12.0. The molecule has 0 radical (unpaired) electrons. The second-order valence-electron chi connectivity index (χ2n) is 3.95. The summed E-state index contributed by atoms with van der Waals surface area (Å²) in [5.74, 6) is -0.103. The van der Waals surface area contributed by atoms with Crippen LogP contribution in [0.3, 0.4) is 0 Å². The Morgan fingerprint density at radius 3 is 2.63 bits per heavy atom. The van der Waals surface area contributed by atoms with Crippen LogP contribution in [0, 0.1) is 0 Å². The first-order chi connectivity index (χ1) is 8.42. The zero-order valence-corrected chi connectivity index (χ0v) is 12.1. The van der Waals surface area contributed by atoms with E-state index in [0.717, 1.165) is 12.8 Å². The van der Waals surface area contributed by atoms with Crippen LogP contribution >= 0.6 is 24.0 Å². The summed E-state index contributed by atoms with van der Waals surface area (Å²) in [5, 5.41) is 2.72. The fraction of sp³-hybridized carbons (Fsp3) is 0.364. The Kier molecular flexibility index (Phi) is 5.27. The maximum absolute atomic E-state index is 12.0. The van der Waals surface area contributed by atoms with Crippen LogP contribution < -0.4 is 15.8 Å². The fourth-order valence-corrected chi connectivity index (χ4v) is 1.35. The topological polar surface area (TPSA) is 59.6 Å². The van der Waals surface area contributed by atoms with Crippen LogP contribution in [0.1, 0.15) is 12.8 Å². The largest absolute Gasteiger partial charge is 0.573 e. The molecule has 0 amide bonds. The number of anilines is 1. The van der Waals surface area contributed by atoms with Crippen LogP contribution in [0.5, 0.6) is 5.75 Å². The zero-order valence-electron chi connectivity index (χ0n) is 9.78. The minimum atomic E-state index is -4.70. The van der Waals surface area contributed by atoms with Gasteiger partial charge in [-0.1, -0.05) is 6.07 Å². The summed E-state index contributed by atoms with van der Waals surface area (Å²) in [6.07, 6.45) is -2.70. The van der Waals surface area contributed by atoms with Crippen molar-refractivity contribution in [2.24, 2.45) is 10.7 Å². The number of aliphatic imine (C=N–C) groups is 1. The van der Waals surface area contributed by atoms with Gasteiger partial charge in [-0.25, -0.2) is 4.99 Å². The zero-order chi connectivity index (χ0) is 13.2. The molecule has 0 spiro atoms. The number of nitrogens with two attached hydrogens (primary N) is 1. The molecular formula is C11H13F3IN3O. The van der Waals surface area contributed by atoms with Gasteiger partial charge in [0, 0.05) is 11.8 Å². The van der Waals surface area contributed by atoms with E-state index < -0.39 is 6.36 Å². The van der Waals surface area contributed by atoms with Crippen LogP contribution in [0.25, 0.3) is 0 Å². The van der Waals surface area contributed by atoms with Crippen molar-refractivity contribution >= 4 is 35.6 Å². The van der Waals surface area contributed by atoms with Gasteiger partial charge in [-0.15, -0.1) is 37.1 Å². The molecule has 1 aliphatic rings. The Bertz CT molecular complexity index is 461. The highest BCUT2D eigenvalue weighted by Crippen LogP contribution is 2.26. The van der Waals surface area contributed by atoms with Crippen LogP contribution in [-0.2, 0) is 0 Å². The number of nitrogens with zero attached hydrogens (tertiary/aromatic N) is 1. The van der Waals surface area contributed by atoms with E-state index in [4.69, 9.17) is 5.73 Å². The summed E-state index contributed by atoms with van der Waals surface area (Å²) in [6.45, 7) is 0. The second kappa shape index (κ2) is 6.31. The Hall–Kier alpha value is -1.19. The molecule has 0 atom stereocenters. The number of halogens is 4. The minimum Gasteiger partial charge on any atom is -0.406 e. The molecule has 106 valence electrons. The van der Waals surface area contributed by atoms with Crippen molar-refractivity contribution in [1.29, 1.82) is 0 Å². The Morgan fingerprint density at radius 2 is 2.05 bits per heavy atom. The number of rotatable bonds is 3. The predicted octanol–water partition coefficient (Wildman–Crippen LogP) is 3.09. The highest BCUT2D eigenvalue weighted by molar-refractivity contribution is 14.0. The molecule has 19 heavy (non-hydrogen) atoms. The van der Waals surface area contributed by atoms with Gasteiger partial charge < -0.3 is 15.8 Å². The number of alkyl halides is 3. The van der Waals surface area contributed by atoms with Gasteiger partial charge in [0.15, 0.2) is 5.96 Å². The quantitative estimate of drug-likeness (QED) is 0.476. The standard InChI is InChI=1S/C11H12F3N3O.HI/c12-11(13,14)18-9-3-1-2-8(6-9)17-10(15)16-7-4-5-7;/h1-3,6-7H,4-5H2,(H3,15,16,17);1H. The second-order valence-corrected chi connectivity index (χ2v) is 3.95. The number of guanidine groups is 1. The molecule has 0 aliphatic heterocycles. The molecule has 4 nitrogen and oxygen atoms in total. The van der Waals surface area contributed by atoms with Gasteiger partial charge in [0.05, 0.1) is 6.04 Å². The Labute approximate surface area is 125 Å². The van der Waals surface area contributed by atoms with Crippen molar-refractivity contribution in [3.05, 3.63) is 24.3 Å². The van der Waals surface area contributed by atoms with E-state index in [9.17, 15) is 13.2 Å². The molecule has 0 heterocycles. The lowest BCUT2D eigenvalue weighted by atomic mass is 10.3. The molecule has 0 aromatic heterocycles. The van der Waals surface area contributed by atoms with E-state index >= 15 is 0 Å². The fourth-order valence-electron chi connectivity index (χ4n) is 1.35. The summed E-state index contributed by atoms with van der Waals surface area (Å²) >= 11 is 0. The third-order valence-electron chi connectivity index (χ3n) is 2.21. The highest BCUT2D eigenvalue weighted by atomic mass is 127. The molecule has 1 fully saturated rings. The van der Waals surface area contributed by atoms with Gasteiger partial charge in [-0.2, -0.15) is 0 Å². The van der Waals surface area contributed by atoms with Gasteiger partial charge in [0.1, 0.15) is 5.75 Å². The SMILES string of the molecule is I.NC(=NC1CC1)Nc1cccc(OC(F)(F)F)c1. The summed E-state index contributed by atoms with van der Waals surface area (Å²) in [4.78, 5) is 4.11. The van der Waals surface area contributed by atoms with Crippen molar-refractivity contribution in [2.75, 3.05) is 5.32 Å². The molecule has 3 N–H and O–H groups in total. The van der Waals surface area contributed by atoms with E-state index in [1.807, 2.05) is 0 Å². The van der Waals surface area contributed by atoms with Crippen molar-refractivity contribution < 1.29 is 17.9 Å². The summed E-state index contributed by atoms with van der Waals surface area (Å²) in [7, 11) is 0. The molecule has 0 saturated heterocycles. The smallest absolute Gasteiger partial charge is 0.406 e. The van der Waals surface area contributed by atoms with Gasteiger partial charge >= 0.3 is 6.36 Å². The molecular weight excluding hydrogens is 374 g/mol. The molecule has 1 aliphatic carbocycles. The lowest BCUT2D eigenvalue weighted by Crippen LogP contribution is -2.23. The number of hydrogen-bond acceptors (Lipinski definition) is 2. The maximum Gasteiger partial charge on any atom is 0.573 e. The number of hydrogen-bond donors (Lipinski definition) is 2. The average molecular weight is 387 g/mol. The van der Waals surface area contributed by atoms with Crippen LogP contribution in [0.2, 0.25) is 0 Å².